The van der Waals surface area contributed by atoms with Crippen LogP contribution in [0.1, 0.15) is 16.1 Å². The lowest BCUT2D eigenvalue weighted by atomic mass is 10.00. The van der Waals surface area contributed by atoms with Crippen LogP contribution < -0.4 is 0 Å². The Kier molecular flexibility index (Phi) is 5.85. The molecular formula is C18H16N2O2S2. The first-order valence-electron chi connectivity index (χ1n) is 7.03. The molecule has 1 aromatic carbocycles. The number of nitrogens with zero attached hydrogens (tertiary/aromatic N) is 2. The van der Waals surface area contributed by atoms with Crippen molar-refractivity contribution in [1.29, 1.82) is 5.26 Å². The molecule has 0 radical (unpaired) electrons. The van der Waals surface area contributed by atoms with E-state index in [0.717, 1.165) is 16.0 Å². The van der Waals surface area contributed by atoms with Crippen molar-refractivity contribution in [3.8, 4) is 27.6 Å². The van der Waals surface area contributed by atoms with Gasteiger partial charge >= 0.3 is 5.97 Å². The highest BCUT2D eigenvalue weighted by molar-refractivity contribution is 7.79. The average Bonchev–Trinajstić information content (AvgIpc) is 3.24. The highest BCUT2D eigenvalue weighted by atomic mass is 32.1. The lowest BCUT2D eigenvalue weighted by Crippen LogP contribution is -2.05. The highest BCUT2D eigenvalue weighted by Crippen LogP contribution is 2.32. The molecule has 2 aromatic heterocycles. The van der Waals surface area contributed by atoms with Crippen molar-refractivity contribution in [2.24, 2.45) is 7.05 Å². The van der Waals surface area contributed by atoms with Gasteiger partial charge in [-0.15, -0.1) is 11.3 Å². The molecule has 3 aromatic rings. The van der Waals surface area contributed by atoms with Crippen molar-refractivity contribution in [2.75, 3.05) is 6.26 Å². The summed E-state index contributed by atoms with van der Waals surface area (Å²) in [5.41, 5.74) is 2.76. The van der Waals surface area contributed by atoms with E-state index in [1.54, 1.807) is 30.8 Å². The van der Waals surface area contributed by atoms with Gasteiger partial charge in [-0.1, -0.05) is 30.3 Å². The van der Waals surface area contributed by atoms with Crippen LogP contribution in [0.4, 0.5) is 0 Å². The number of aryl methyl sites for hydroxylation is 1. The Morgan fingerprint density at radius 2 is 1.83 bits per heavy atom. The second-order valence-electron chi connectivity index (χ2n) is 4.85. The number of carbonyl (C=O) groups is 1. The number of nitriles is 1. The van der Waals surface area contributed by atoms with E-state index in [1.807, 2.05) is 41.8 Å². The maximum absolute atomic E-state index is 11.5. The molecule has 1 N–H and O–H groups in total. The summed E-state index contributed by atoms with van der Waals surface area (Å²) in [7, 11) is 1.63. The van der Waals surface area contributed by atoms with Crippen molar-refractivity contribution in [3.63, 3.8) is 0 Å². The molecule has 4 nitrogen and oxygen atoms in total. The van der Waals surface area contributed by atoms with Gasteiger partial charge in [0.05, 0.1) is 5.56 Å². The molecule has 3 rings (SSSR count). The maximum Gasteiger partial charge on any atom is 0.353 e. The Morgan fingerprint density at radius 3 is 2.33 bits per heavy atom. The molecule has 0 saturated carbocycles. The fourth-order valence-electron chi connectivity index (χ4n) is 2.51. The van der Waals surface area contributed by atoms with E-state index in [4.69, 9.17) is 0 Å². The zero-order valence-electron chi connectivity index (χ0n) is 13.2. The van der Waals surface area contributed by atoms with Crippen molar-refractivity contribution in [3.05, 3.63) is 59.2 Å². The minimum Gasteiger partial charge on any atom is -0.477 e. The van der Waals surface area contributed by atoms with Crippen LogP contribution in [0.3, 0.4) is 0 Å². The van der Waals surface area contributed by atoms with Crippen LogP contribution in [0.2, 0.25) is 0 Å². The van der Waals surface area contributed by atoms with Gasteiger partial charge in [0.15, 0.2) is 0 Å². The van der Waals surface area contributed by atoms with E-state index in [2.05, 4.69) is 18.7 Å². The largest absolute Gasteiger partial charge is 0.477 e. The topological polar surface area (TPSA) is 66.0 Å². The van der Waals surface area contributed by atoms with E-state index in [9.17, 15) is 15.2 Å². The molecule has 0 fully saturated rings. The monoisotopic (exact) mass is 356 g/mol. The number of thiophene rings is 1. The quantitative estimate of drug-likeness (QED) is 0.677. The van der Waals surface area contributed by atoms with Crippen molar-refractivity contribution in [2.45, 2.75) is 0 Å². The molecule has 6 heteroatoms. The molecule has 0 aliphatic carbocycles. The van der Waals surface area contributed by atoms with Gasteiger partial charge in [0.1, 0.15) is 11.8 Å². The summed E-state index contributed by atoms with van der Waals surface area (Å²) in [5, 5.41) is 20.7. The number of benzene rings is 1. The van der Waals surface area contributed by atoms with Crippen LogP contribution in [-0.4, -0.2) is 21.9 Å². The summed E-state index contributed by atoms with van der Waals surface area (Å²) < 4.78 is 1.48. The van der Waals surface area contributed by atoms with Crippen LogP contribution in [-0.2, 0) is 7.05 Å². The number of hydrogen-bond donors (Lipinski definition) is 2. The molecular weight excluding hydrogens is 340 g/mol. The van der Waals surface area contributed by atoms with Gasteiger partial charge in [0.2, 0.25) is 0 Å². The minimum atomic E-state index is -1.04. The smallest absolute Gasteiger partial charge is 0.353 e. The van der Waals surface area contributed by atoms with Crippen LogP contribution in [0.5, 0.6) is 0 Å². The second kappa shape index (κ2) is 7.86. The van der Waals surface area contributed by atoms with E-state index in [0.29, 0.717) is 11.1 Å². The highest BCUT2D eigenvalue weighted by Gasteiger charge is 2.21. The number of hydrogen-bond acceptors (Lipinski definition) is 4. The fraction of sp³-hybridized carbons (Fsp3) is 0.111. The molecule has 0 saturated heterocycles. The Hall–Kier alpha value is -2.49. The molecule has 24 heavy (non-hydrogen) atoms. The van der Waals surface area contributed by atoms with E-state index in [-0.39, 0.29) is 5.69 Å². The predicted molar refractivity (Wildman–Crippen MR) is 101 cm³/mol. The summed E-state index contributed by atoms with van der Waals surface area (Å²) in [4.78, 5) is 12.6. The van der Waals surface area contributed by atoms with Gasteiger partial charge in [-0.2, -0.15) is 17.9 Å². The van der Waals surface area contributed by atoms with Crippen molar-refractivity contribution in [1.82, 2.24) is 4.57 Å². The first-order chi connectivity index (χ1) is 11.6. The summed E-state index contributed by atoms with van der Waals surface area (Å²) in [6, 6.07) is 13.7. The third-order valence-corrected chi connectivity index (χ3v) is 4.40. The van der Waals surface area contributed by atoms with Gasteiger partial charge < -0.3 is 9.67 Å². The van der Waals surface area contributed by atoms with E-state index in [1.165, 1.54) is 4.57 Å². The number of rotatable bonds is 3. The van der Waals surface area contributed by atoms with Crippen LogP contribution in [0.25, 0.3) is 21.6 Å². The number of carboxylic acid groups (broad SMARTS) is 1. The Morgan fingerprint density at radius 1 is 1.21 bits per heavy atom. The molecule has 0 amide bonds. The van der Waals surface area contributed by atoms with Crippen molar-refractivity contribution >= 4 is 29.9 Å². The average molecular weight is 356 g/mol. The predicted octanol–water partition coefficient (Wildman–Crippen LogP) is 4.54. The second-order valence-corrected chi connectivity index (χ2v) is 5.80. The molecule has 0 aliphatic rings. The lowest BCUT2D eigenvalue weighted by molar-refractivity contribution is 0.0687. The third kappa shape index (κ3) is 3.37. The summed E-state index contributed by atoms with van der Waals surface area (Å²) in [6.07, 6.45) is 3.24. The number of aromatic carboxylic acids is 1. The van der Waals surface area contributed by atoms with Gasteiger partial charge in [0, 0.05) is 23.7 Å². The lowest BCUT2D eigenvalue weighted by Gasteiger charge is -2.05. The molecule has 0 spiro atoms. The van der Waals surface area contributed by atoms with E-state index >= 15 is 0 Å². The minimum absolute atomic E-state index is 0.125. The Labute approximate surface area is 150 Å². The SMILES string of the molecule is CS.Cn1cc(C#N)c(-c2ccc(-c3cccs3)cc2)c1C(=O)O. The first kappa shape index (κ1) is 17.9. The standard InChI is InChI=1S/C17H12N2O2S.CH4S/c1-19-10-13(9-18)15(16(19)17(20)21)12-6-4-11(5-7-12)14-3-2-8-22-14;1-2/h2-8,10H,1H3,(H,20,21);2H,1H3. The first-order valence-corrected chi connectivity index (χ1v) is 8.81. The molecule has 0 aliphatic heterocycles. The summed E-state index contributed by atoms with van der Waals surface area (Å²) in [5.74, 6) is -1.04. The Bertz CT molecular complexity index is 873. The van der Waals surface area contributed by atoms with Gasteiger partial charge in [-0.05, 0) is 28.8 Å². The Balaban J connectivity index is 0.00000100. The van der Waals surface area contributed by atoms with Crippen LogP contribution >= 0.6 is 24.0 Å². The molecule has 2 heterocycles. The number of thiol groups is 1. The molecule has 0 atom stereocenters. The number of aromatic nitrogens is 1. The zero-order valence-corrected chi connectivity index (χ0v) is 14.9. The normalized spacial score (nSPS) is 9.75. The zero-order chi connectivity index (χ0) is 17.7. The van der Waals surface area contributed by atoms with Gasteiger partial charge in [-0.3, -0.25) is 0 Å². The van der Waals surface area contributed by atoms with Gasteiger partial charge in [0.25, 0.3) is 0 Å². The van der Waals surface area contributed by atoms with E-state index < -0.39 is 5.97 Å². The molecule has 0 unspecified atom stereocenters. The molecule has 0 bridgehead atoms. The summed E-state index contributed by atoms with van der Waals surface area (Å²) >= 11 is 5.17. The van der Waals surface area contributed by atoms with Crippen LogP contribution in [0, 0.1) is 11.3 Å². The number of carboxylic acids is 1. The maximum atomic E-state index is 11.5. The van der Waals surface area contributed by atoms with Gasteiger partial charge in [-0.25, -0.2) is 4.79 Å². The van der Waals surface area contributed by atoms with Crippen molar-refractivity contribution < 1.29 is 9.90 Å². The molecule has 122 valence electrons. The summed E-state index contributed by atoms with van der Waals surface area (Å²) in [6.45, 7) is 0. The third-order valence-electron chi connectivity index (χ3n) is 3.48. The fourth-order valence-corrected chi connectivity index (χ4v) is 3.24. The van der Waals surface area contributed by atoms with Crippen LogP contribution in [0.15, 0.2) is 48.0 Å².